The summed E-state index contributed by atoms with van der Waals surface area (Å²) in [5.74, 6) is -0.146. The van der Waals surface area contributed by atoms with Crippen LogP contribution < -0.4 is 5.32 Å². The minimum absolute atomic E-state index is 0.00420. The second kappa shape index (κ2) is 5.48. The minimum Gasteiger partial charge on any atom is -0.361 e. The number of Topliss-reactive ketones (excluding diaryl/α,β-unsaturated/α-hetero) is 1. The third kappa shape index (κ3) is 2.51. The molecule has 1 amide bonds. The van der Waals surface area contributed by atoms with Crippen molar-refractivity contribution in [3.8, 4) is 11.1 Å². The molecule has 1 aromatic heterocycles. The van der Waals surface area contributed by atoms with Crippen molar-refractivity contribution in [3.05, 3.63) is 54.2 Å². The molecule has 4 heteroatoms. The van der Waals surface area contributed by atoms with Gasteiger partial charge < -0.3 is 10.3 Å². The Balaban J connectivity index is 2.24. The molecule has 0 fully saturated rings. The number of H-pyrrole nitrogens is 1. The van der Waals surface area contributed by atoms with Gasteiger partial charge in [0.05, 0.1) is 0 Å². The zero-order valence-electron chi connectivity index (χ0n) is 12.4. The maximum Gasteiger partial charge on any atom is 0.221 e. The smallest absolute Gasteiger partial charge is 0.221 e. The molecule has 22 heavy (non-hydrogen) atoms. The van der Waals surface area contributed by atoms with Crippen LogP contribution in [0.5, 0.6) is 0 Å². The molecule has 0 aliphatic heterocycles. The lowest BCUT2D eigenvalue weighted by atomic mass is 9.99. The standard InChI is InChI=1S/C18H16N2O2/c1-11(21)13-7-8-18(20-12(2)22)15(9-13)16-10-19-17-6-4-3-5-14(16)17/h3-10,19H,1-2H3,(H,20,22). The Morgan fingerprint density at radius 2 is 1.77 bits per heavy atom. The van der Waals surface area contributed by atoms with E-state index in [1.165, 1.54) is 13.8 Å². The normalized spacial score (nSPS) is 10.6. The zero-order chi connectivity index (χ0) is 15.7. The maximum atomic E-state index is 11.7. The van der Waals surface area contributed by atoms with Crippen LogP contribution in [-0.2, 0) is 4.79 Å². The van der Waals surface area contributed by atoms with Crippen LogP contribution in [0.25, 0.3) is 22.0 Å². The summed E-state index contributed by atoms with van der Waals surface area (Å²) in [6.07, 6.45) is 1.90. The van der Waals surface area contributed by atoms with Gasteiger partial charge in [-0.15, -0.1) is 0 Å². The lowest BCUT2D eigenvalue weighted by Gasteiger charge is -2.11. The molecular formula is C18H16N2O2. The van der Waals surface area contributed by atoms with Crippen molar-refractivity contribution < 1.29 is 9.59 Å². The third-order valence-electron chi connectivity index (χ3n) is 3.62. The summed E-state index contributed by atoms with van der Waals surface area (Å²) in [6.45, 7) is 3.00. The molecule has 3 aromatic rings. The first kappa shape index (κ1) is 14.1. The lowest BCUT2D eigenvalue weighted by Crippen LogP contribution is -2.07. The highest BCUT2D eigenvalue weighted by Gasteiger charge is 2.13. The quantitative estimate of drug-likeness (QED) is 0.717. The van der Waals surface area contributed by atoms with E-state index in [9.17, 15) is 9.59 Å². The molecule has 0 spiro atoms. The molecule has 1 heterocycles. The number of nitrogens with one attached hydrogen (secondary N) is 2. The first-order valence-electron chi connectivity index (χ1n) is 7.05. The average Bonchev–Trinajstić information content (AvgIpc) is 2.90. The van der Waals surface area contributed by atoms with Crippen LogP contribution in [0, 0.1) is 0 Å². The van der Waals surface area contributed by atoms with E-state index >= 15 is 0 Å². The van der Waals surface area contributed by atoms with Gasteiger partial charge in [0.15, 0.2) is 5.78 Å². The fourth-order valence-electron chi connectivity index (χ4n) is 2.58. The number of benzene rings is 2. The minimum atomic E-state index is -0.142. The van der Waals surface area contributed by atoms with Crippen LogP contribution in [0.4, 0.5) is 5.69 Å². The molecule has 3 rings (SSSR count). The Kier molecular flexibility index (Phi) is 3.51. The molecule has 0 radical (unpaired) electrons. The van der Waals surface area contributed by atoms with Crippen molar-refractivity contribution in [1.82, 2.24) is 4.98 Å². The van der Waals surface area contributed by atoms with Crippen molar-refractivity contribution >= 4 is 28.3 Å². The monoisotopic (exact) mass is 292 g/mol. The summed E-state index contributed by atoms with van der Waals surface area (Å²) in [5.41, 5.74) is 4.12. The second-order valence-corrected chi connectivity index (χ2v) is 5.25. The molecule has 0 atom stereocenters. The van der Waals surface area contributed by atoms with Crippen LogP contribution in [0.1, 0.15) is 24.2 Å². The molecule has 0 aliphatic rings. The van der Waals surface area contributed by atoms with Gasteiger partial charge in [-0.1, -0.05) is 18.2 Å². The Morgan fingerprint density at radius 1 is 1.00 bits per heavy atom. The third-order valence-corrected chi connectivity index (χ3v) is 3.62. The van der Waals surface area contributed by atoms with E-state index in [0.717, 1.165) is 22.0 Å². The first-order valence-corrected chi connectivity index (χ1v) is 7.05. The molecule has 0 aliphatic carbocycles. The number of carbonyl (C=O) groups excluding carboxylic acids is 2. The van der Waals surface area contributed by atoms with Crippen molar-refractivity contribution in [2.45, 2.75) is 13.8 Å². The van der Waals surface area contributed by atoms with Crippen LogP contribution in [-0.4, -0.2) is 16.7 Å². The summed E-state index contributed by atoms with van der Waals surface area (Å²) in [7, 11) is 0. The summed E-state index contributed by atoms with van der Waals surface area (Å²) in [5, 5.41) is 3.88. The average molecular weight is 292 g/mol. The molecular weight excluding hydrogens is 276 g/mol. The van der Waals surface area contributed by atoms with Crippen molar-refractivity contribution in [2.24, 2.45) is 0 Å². The number of ketones is 1. The predicted octanol–water partition coefficient (Wildman–Crippen LogP) is 4.00. The summed E-state index contributed by atoms with van der Waals surface area (Å²) >= 11 is 0. The Labute approximate surface area is 128 Å². The van der Waals surface area contributed by atoms with E-state index in [2.05, 4.69) is 10.3 Å². The molecule has 2 aromatic carbocycles. The van der Waals surface area contributed by atoms with Gasteiger partial charge in [-0.25, -0.2) is 0 Å². The van der Waals surface area contributed by atoms with E-state index in [1.54, 1.807) is 12.1 Å². The number of carbonyl (C=O) groups is 2. The fraction of sp³-hybridized carbons (Fsp3) is 0.111. The van der Waals surface area contributed by atoms with Gasteiger partial charge in [0.2, 0.25) is 5.91 Å². The van der Waals surface area contributed by atoms with Gasteiger partial charge in [-0.3, -0.25) is 9.59 Å². The molecule has 4 nitrogen and oxygen atoms in total. The van der Waals surface area contributed by atoms with Crippen LogP contribution in [0.15, 0.2) is 48.7 Å². The summed E-state index contributed by atoms with van der Waals surface area (Å²) in [6, 6.07) is 13.3. The number of amides is 1. The first-order chi connectivity index (χ1) is 10.6. The van der Waals surface area contributed by atoms with Gasteiger partial charge in [-0.2, -0.15) is 0 Å². The van der Waals surface area contributed by atoms with Gasteiger partial charge in [0.1, 0.15) is 0 Å². The Bertz CT molecular complexity index is 878. The fourth-order valence-corrected chi connectivity index (χ4v) is 2.58. The molecule has 2 N–H and O–H groups in total. The van der Waals surface area contributed by atoms with Crippen molar-refractivity contribution in [1.29, 1.82) is 0 Å². The predicted molar refractivity (Wildman–Crippen MR) is 88.0 cm³/mol. The highest BCUT2D eigenvalue weighted by atomic mass is 16.1. The van der Waals surface area contributed by atoms with Crippen molar-refractivity contribution in [3.63, 3.8) is 0 Å². The van der Waals surface area contributed by atoms with Gasteiger partial charge in [0.25, 0.3) is 0 Å². The number of fused-ring (bicyclic) bond motifs is 1. The molecule has 110 valence electrons. The summed E-state index contributed by atoms with van der Waals surface area (Å²) < 4.78 is 0. The number of aromatic amines is 1. The SMILES string of the molecule is CC(=O)Nc1ccc(C(C)=O)cc1-c1c[nH]c2ccccc12. The number of anilines is 1. The van der Waals surface area contributed by atoms with E-state index < -0.39 is 0 Å². The Morgan fingerprint density at radius 3 is 2.50 bits per heavy atom. The maximum absolute atomic E-state index is 11.7. The molecule has 0 unspecified atom stereocenters. The molecule has 0 saturated carbocycles. The van der Waals surface area contributed by atoms with E-state index in [1.807, 2.05) is 36.5 Å². The van der Waals surface area contributed by atoms with Crippen LogP contribution in [0.2, 0.25) is 0 Å². The highest BCUT2D eigenvalue weighted by molar-refractivity contribution is 6.04. The van der Waals surface area contributed by atoms with Gasteiger partial charge in [-0.05, 0) is 31.2 Å². The highest BCUT2D eigenvalue weighted by Crippen LogP contribution is 2.34. The van der Waals surface area contributed by atoms with E-state index in [4.69, 9.17) is 0 Å². The summed E-state index contributed by atoms with van der Waals surface area (Å²) in [4.78, 5) is 26.3. The number of rotatable bonds is 3. The van der Waals surface area contributed by atoms with Gasteiger partial charge >= 0.3 is 0 Å². The van der Waals surface area contributed by atoms with Crippen molar-refractivity contribution in [2.75, 3.05) is 5.32 Å². The van der Waals surface area contributed by atoms with E-state index in [-0.39, 0.29) is 11.7 Å². The lowest BCUT2D eigenvalue weighted by molar-refractivity contribution is -0.114. The zero-order valence-corrected chi connectivity index (χ0v) is 12.4. The number of hydrogen-bond acceptors (Lipinski definition) is 2. The molecule has 0 saturated heterocycles. The topological polar surface area (TPSA) is 62.0 Å². The van der Waals surface area contributed by atoms with Gasteiger partial charge in [0, 0.05) is 46.4 Å². The largest absolute Gasteiger partial charge is 0.361 e. The Hall–Kier alpha value is -2.88. The van der Waals surface area contributed by atoms with E-state index in [0.29, 0.717) is 11.3 Å². The number of para-hydroxylation sites is 1. The number of aromatic nitrogens is 1. The van der Waals surface area contributed by atoms with Crippen LogP contribution in [0.3, 0.4) is 0 Å². The number of hydrogen-bond donors (Lipinski definition) is 2. The second-order valence-electron chi connectivity index (χ2n) is 5.25. The molecule has 0 bridgehead atoms. The van der Waals surface area contributed by atoms with Crippen LogP contribution >= 0.6 is 0 Å².